The molecule has 0 amide bonds. The van der Waals surface area contributed by atoms with Crippen molar-refractivity contribution < 1.29 is 4.84 Å². The van der Waals surface area contributed by atoms with Crippen molar-refractivity contribution in [2.45, 2.75) is 13.0 Å². The highest BCUT2D eigenvalue weighted by atomic mass is 79.9. The summed E-state index contributed by atoms with van der Waals surface area (Å²) in [5, 5.41) is 6.33. The maximum atomic E-state index is 5.01. The largest absolute Gasteiger partial charge is 0.397 e. The van der Waals surface area contributed by atoms with Crippen LogP contribution in [0.4, 0.5) is 0 Å². The third kappa shape index (κ3) is 2.71. The monoisotopic (exact) mass is 351 g/mol. The Labute approximate surface area is 130 Å². The average Bonchev–Trinajstić information content (AvgIpc) is 2.93. The fraction of sp³-hybridized carbons (Fsp3) is 0.286. The minimum Gasteiger partial charge on any atom is -0.397 e. The topological polar surface area (TPSA) is 37.7 Å². The third-order valence-electron chi connectivity index (χ3n) is 3.24. The van der Waals surface area contributed by atoms with Crippen LogP contribution in [0, 0.1) is 0 Å². The molecule has 3 heterocycles. The Morgan fingerprint density at radius 1 is 1.45 bits per heavy atom. The summed E-state index contributed by atoms with van der Waals surface area (Å²) in [7, 11) is 1.57. The van der Waals surface area contributed by atoms with Gasteiger partial charge in [0.2, 0.25) is 0 Å². The number of aromatic nitrogens is 1. The van der Waals surface area contributed by atoms with Crippen LogP contribution in [-0.2, 0) is 17.8 Å². The van der Waals surface area contributed by atoms with Gasteiger partial charge in [-0.05, 0) is 51.5 Å². The van der Waals surface area contributed by atoms with Crippen LogP contribution in [0.3, 0.4) is 0 Å². The van der Waals surface area contributed by atoms with Crippen molar-refractivity contribution in [1.82, 2.24) is 9.88 Å². The normalized spacial score (nSPS) is 15.1. The lowest BCUT2D eigenvalue weighted by atomic mass is 10.1. The van der Waals surface area contributed by atoms with Gasteiger partial charge >= 0.3 is 0 Å². The molecule has 1 aliphatic rings. The van der Waals surface area contributed by atoms with Crippen molar-refractivity contribution in [1.29, 1.82) is 0 Å². The van der Waals surface area contributed by atoms with Crippen LogP contribution in [-0.4, -0.2) is 29.4 Å². The van der Waals surface area contributed by atoms with E-state index in [0.717, 1.165) is 35.5 Å². The zero-order valence-electron chi connectivity index (χ0n) is 11.0. The number of amidine groups is 1. The molecule has 3 rings (SSSR count). The van der Waals surface area contributed by atoms with Crippen LogP contribution in [0.5, 0.6) is 0 Å². The minimum absolute atomic E-state index is 0.789. The summed E-state index contributed by atoms with van der Waals surface area (Å²) in [6.07, 6.45) is 2.83. The van der Waals surface area contributed by atoms with Crippen molar-refractivity contribution in [2.24, 2.45) is 5.16 Å². The van der Waals surface area contributed by atoms with Crippen molar-refractivity contribution in [2.75, 3.05) is 13.7 Å². The summed E-state index contributed by atoms with van der Waals surface area (Å²) in [6.45, 7) is 1.80. The van der Waals surface area contributed by atoms with Crippen LogP contribution >= 0.6 is 27.3 Å². The van der Waals surface area contributed by atoms with Gasteiger partial charge in [0.05, 0.1) is 0 Å². The molecule has 0 unspecified atom stereocenters. The summed E-state index contributed by atoms with van der Waals surface area (Å²) >= 11 is 5.23. The summed E-state index contributed by atoms with van der Waals surface area (Å²) < 4.78 is 0.955. The van der Waals surface area contributed by atoms with Gasteiger partial charge in [-0.15, -0.1) is 11.3 Å². The van der Waals surface area contributed by atoms with E-state index in [0.29, 0.717) is 0 Å². The molecule has 4 nitrogen and oxygen atoms in total. The molecule has 0 saturated heterocycles. The van der Waals surface area contributed by atoms with Crippen molar-refractivity contribution in [3.63, 3.8) is 0 Å². The molecule has 20 heavy (non-hydrogen) atoms. The number of fused-ring (bicyclic) bond motifs is 1. The van der Waals surface area contributed by atoms with E-state index in [1.165, 1.54) is 10.4 Å². The third-order valence-corrected chi connectivity index (χ3v) is 4.73. The Hall–Kier alpha value is -1.40. The number of hydrogen-bond acceptors (Lipinski definition) is 4. The number of halogens is 1. The van der Waals surface area contributed by atoms with Crippen LogP contribution in [0.25, 0.3) is 0 Å². The lowest BCUT2D eigenvalue weighted by Crippen LogP contribution is -2.36. The molecular weight excluding hydrogens is 338 g/mol. The van der Waals surface area contributed by atoms with Gasteiger partial charge in [0.15, 0.2) is 5.84 Å². The highest BCUT2D eigenvalue weighted by Crippen LogP contribution is 2.25. The second-order valence-electron chi connectivity index (χ2n) is 4.50. The quantitative estimate of drug-likeness (QED) is 0.473. The van der Waals surface area contributed by atoms with Gasteiger partial charge in [-0.25, -0.2) is 0 Å². The van der Waals surface area contributed by atoms with Gasteiger partial charge in [-0.2, -0.15) is 0 Å². The molecule has 0 atom stereocenters. The molecule has 0 aromatic carbocycles. The van der Waals surface area contributed by atoms with Gasteiger partial charge in [0.25, 0.3) is 0 Å². The lowest BCUT2D eigenvalue weighted by Gasteiger charge is -2.29. The van der Waals surface area contributed by atoms with E-state index in [9.17, 15) is 0 Å². The summed E-state index contributed by atoms with van der Waals surface area (Å²) in [5.74, 6) is 0.789. The summed E-state index contributed by atoms with van der Waals surface area (Å²) in [4.78, 5) is 13.1. The smallest absolute Gasteiger partial charge is 0.194 e. The molecule has 0 N–H and O–H groups in total. The predicted octanol–water partition coefficient (Wildman–Crippen LogP) is 3.27. The van der Waals surface area contributed by atoms with Crippen LogP contribution < -0.4 is 0 Å². The second kappa shape index (κ2) is 5.93. The first kappa shape index (κ1) is 13.6. The van der Waals surface area contributed by atoms with Gasteiger partial charge in [0.1, 0.15) is 12.8 Å². The maximum absolute atomic E-state index is 5.01. The van der Waals surface area contributed by atoms with Crippen molar-refractivity contribution in [3.8, 4) is 0 Å². The lowest BCUT2D eigenvalue weighted by molar-refractivity contribution is 0.204. The van der Waals surface area contributed by atoms with Crippen LogP contribution in [0.2, 0.25) is 0 Å². The maximum Gasteiger partial charge on any atom is 0.194 e. The Bertz CT molecular complexity index is 624. The van der Waals surface area contributed by atoms with E-state index < -0.39 is 0 Å². The van der Waals surface area contributed by atoms with E-state index in [1.54, 1.807) is 13.3 Å². The molecule has 0 radical (unpaired) electrons. The fourth-order valence-electron chi connectivity index (χ4n) is 2.29. The number of hydrogen-bond donors (Lipinski definition) is 0. The molecule has 104 valence electrons. The highest BCUT2D eigenvalue weighted by Gasteiger charge is 2.22. The molecule has 0 bridgehead atoms. The Morgan fingerprint density at radius 2 is 2.35 bits per heavy atom. The van der Waals surface area contributed by atoms with Crippen LogP contribution in [0.1, 0.15) is 16.1 Å². The number of pyridine rings is 1. The SMILES string of the molecule is CON=C(c1ccc(Br)cn1)N1CCc2sccc2C1. The molecule has 2 aromatic rings. The number of oxime groups is 1. The van der Waals surface area contributed by atoms with E-state index in [1.807, 2.05) is 23.5 Å². The number of nitrogens with zero attached hydrogens (tertiary/aromatic N) is 3. The minimum atomic E-state index is 0.789. The van der Waals surface area contributed by atoms with E-state index in [-0.39, 0.29) is 0 Å². The molecule has 6 heteroatoms. The zero-order valence-corrected chi connectivity index (χ0v) is 13.4. The summed E-state index contributed by atoms with van der Waals surface area (Å²) in [5.41, 5.74) is 2.20. The molecule has 0 saturated carbocycles. The Morgan fingerprint density at radius 3 is 3.10 bits per heavy atom. The summed E-state index contributed by atoms with van der Waals surface area (Å²) in [6, 6.07) is 6.10. The molecule has 2 aromatic heterocycles. The first-order valence-electron chi connectivity index (χ1n) is 6.31. The standard InChI is InChI=1S/C14H14BrN3OS/c1-19-17-14(12-3-2-11(15)8-16-12)18-6-4-13-10(9-18)5-7-20-13/h2-3,5,7-8H,4,6,9H2,1H3. The van der Waals surface area contributed by atoms with E-state index in [2.05, 4.69) is 42.4 Å². The molecule has 1 aliphatic heterocycles. The van der Waals surface area contributed by atoms with E-state index >= 15 is 0 Å². The molecule has 0 spiro atoms. The number of rotatable bonds is 2. The van der Waals surface area contributed by atoms with Crippen molar-refractivity contribution in [3.05, 3.63) is 50.4 Å². The van der Waals surface area contributed by atoms with Gasteiger partial charge in [-0.3, -0.25) is 4.98 Å². The number of thiophene rings is 1. The second-order valence-corrected chi connectivity index (χ2v) is 6.42. The first-order valence-corrected chi connectivity index (χ1v) is 7.98. The zero-order chi connectivity index (χ0) is 13.9. The predicted molar refractivity (Wildman–Crippen MR) is 83.9 cm³/mol. The average molecular weight is 352 g/mol. The van der Waals surface area contributed by atoms with E-state index in [4.69, 9.17) is 4.84 Å². The molecular formula is C14H14BrN3OS. The molecule has 0 fully saturated rings. The van der Waals surface area contributed by atoms with Crippen molar-refractivity contribution >= 4 is 33.1 Å². The van der Waals surface area contributed by atoms with Gasteiger partial charge in [0, 0.05) is 28.6 Å². The van der Waals surface area contributed by atoms with Gasteiger partial charge < -0.3 is 9.74 Å². The Balaban J connectivity index is 1.89. The highest BCUT2D eigenvalue weighted by molar-refractivity contribution is 9.10. The van der Waals surface area contributed by atoms with Crippen LogP contribution in [0.15, 0.2) is 39.4 Å². The fourth-order valence-corrected chi connectivity index (χ4v) is 3.41. The van der Waals surface area contributed by atoms with Gasteiger partial charge in [-0.1, -0.05) is 5.16 Å². The Kier molecular flexibility index (Phi) is 4.03. The molecule has 0 aliphatic carbocycles. The first-order chi connectivity index (χ1) is 9.78.